The maximum atomic E-state index is 13.1. The molecule has 0 unspecified atom stereocenters. The molecule has 2 aliphatic rings. The number of fused-ring (bicyclic) bond motifs is 1. The first-order chi connectivity index (χ1) is 14.4. The normalized spacial score (nSPS) is 17.4. The molecule has 158 valence electrons. The van der Waals surface area contributed by atoms with Crippen molar-refractivity contribution >= 4 is 21.7 Å². The van der Waals surface area contributed by atoms with Crippen molar-refractivity contribution in [2.24, 2.45) is 0 Å². The number of carbonyl (C=O) groups excluding carboxylic acids is 2. The molecule has 0 atom stereocenters. The molecule has 6 nitrogen and oxygen atoms in total. The second-order valence-electron chi connectivity index (χ2n) is 8.03. The lowest BCUT2D eigenvalue weighted by molar-refractivity contribution is -0.127. The highest BCUT2D eigenvalue weighted by atomic mass is 32.2. The third kappa shape index (κ3) is 4.04. The third-order valence-electron chi connectivity index (χ3n) is 5.99. The second kappa shape index (κ2) is 8.32. The predicted molar refractivity (Wildman–Crippen MR) is 114 cm³/mol. The van der Waals surface area contributed by atoms with Gasteiger partial charge in [0.15, 0.2) is 0 Å². The van der Waals surface area contributed by atoms with Crippen molar-refractivity contribution in [3.63, 3.8) is 0 Å². The Hall–Kier alpha value is -2.51. The van der Waals surface area contributed by atoms with Crippen molar-refractivity contribution in [3.8, 4) is 0 Å². The molecule has 1 fully saturated rings. The fraction of sp³-hybridized carbons (Fsp3) is 0.391. The fourth-order valence-electron chi connectivity index (χ4n) is 4.12. The molecule has 1 amide bonds. The van der Waals surface area contributed by atoms with Gasteiger partial charge in [-0.2, -0.15) is 4.31 Å². The number of ketones is 1. The summed E-state index contributed by atoms with van der Waals surface area (Å²) in [7, 11) is -3.61. The van der Waals surface area contributed by atoms with Crippen LogP contribution < -0.4 is 0 Å². The number of piperazine rings is 1. The quantitative estimate of drug-likeness (QED) is 0.556. The van der Waals surface area contributed by atoms with Crippen LogP contribution in [0.1, 0.15) is 39.9 Å². The zero-order valence-corrected chi connectivity index (χ0v) is 18.0. The SMILES string of the molecule is Cc1ccc(C(=O)C(=O)N2CCN(S(=O)(=O)c3ccc4c(c3)CCCC4)CC2)cc1. The van der Waals surface area contributed by atoms with Crippen LogP contribution in [0, 0.1) is 6.92 Å². The van der Waals surface area contributed by atoms with E-state index in [0.717, 1.165) is 36.8 Å². The number of amides is 1. The lowest BCUT2D eigenvalue weighted by atomic mass is 9.92. The van der Waals surface area contributed by atoms with Crippen LogP contribution >= 0.6 is 0 Å². The van der Waals surface area contributed by atoms with Gasteiger partial charge in [0.05, 0.1) is 4.90 Å². The van der Waals surface area contributed by atoms with Gasteiger partial charge >= 0.3 is 0 Å². The smallest absolute Gasteiger partial charge is 0.295 e. The van der Waals surface area contributed by atoms with E-state index in [1.165, 1.54) is 14.8 Å². The first-order valence-electron chi connectivity index (χ1n) is 10.4. The van der Waals surface area contributed by atoms with Crippen LogP contribution in [0.2, 0.25) is 0 Å². The molecule has 0 radical (unpaired) electrons. The van der Waals surface area contributed by atoms with Gasteiger partial charge in [-0.3, -0.25) is 9.59 Å². The summed E-state index contributed by atoms with van der Waals surface area (Å²) in [4.78, 5) is 26.8. The summed E-state index contributed by atoms with van der Waals surface area (Å²) < 4.78 is 27.6. The molecule has 1 aliphatic heterocycles. The van der Waals surface area contributed by atoms with Crippen molar-refractivity contribution in [1.29, 1.82) is 0 Å². The molecule has 0 bridgehead atoms. The molecule has 0 aromatic heterocycles. The van der Waals surface area contributed by atoms with Gasteiger partial charge in [-0.25, -0.2) is 8.42 Å². The number of rotatable bonds is 4. The summed E-state index contributed by atoms with van der Waals surface area (Å²) in [6.07, 6.45) is 4.16. The highest BCUT2D eigenvalue weighted by Crippen LogP contribution is 2.26. The first-order valence-corrected chi connectivity index (χ1v) is 11.8. The Kier molecular flexibility index (Phi) is 5.75. The monoisotopic (exact) mass is 426 g/mol. The van der Waals surface area contributed by atoms with E-state index in [-0.39, 0.29) is 26.2 Å². The number of nitrogens with zero attached hydrogens (tertiary/aromatic N) is 2. The minimum Gasteiger partial charge on any atom is -0.333 e. The molecule has 30 heavy (non-hydrogen) atoms. The summed E-state index contributed by atoms with van der Waals surface area (Å²) >= 11 is 0. The van der Waals surface area contributed by atoms with Crippen molar-refractivity contribution in [2.45, 2.75) is 37.5 Å². The van der Waals surface area contributed by atoms with Crippen molar-refractivity contribution in [1.82, 2.24) is 9.21 Å². The number of benzene rings is 2. The lowest BCUT2D eigenvalue weighted by Gasteiger charge is -2.33. The number of Topliss-reactive ketones (excluding diaryl/α,β-unsaturated/α-hetero) is 1. The van der Waals surface area contributed by atoms with Crippen LogP contribution in [0.15, 0.2) is 47.4 Å². The highest BCUT2D eigenvalue weighted by Gasteiger charge is 2.32. The molecule has 1 heterocycles. The van der Waals surface area contributed by atoms with E-state index in [4.69, 9.17) is 0 Å². The predicted octanol–water partition coefficient (Wildman–Crippen LogP) is 2.59. The Balaban J connectivity index is 1.43. The summed E-state index contributed by atoms with van der Waals surface area (Å²) in [5.41, 5.74) is 3.74. The molecular formula is C23H26N2O4S. The van der Waals surface area contributed by atoms with Crippen LogP contribution in [0.25, 0.3) is 0 Å². The first kappa shape index (κ1) is 20.8. The second-order valence-corrected chi connectivity index (χ2v) is 9.97. The molecule has 1 aliphatic carbocycles. The van der Waals surface area contributed by atoms with Crippen molar-refractivity contribution in [2.75, 3.05) is 26.2 Å². The van der Waals surface area contributed by atoms with Crippen LogP contribution in [0.3, 0.4) is 0 Å². The largest absolute Gasteiger partial charge is 0.333 e. The number of sulfonamides is 1. The van der Waals surface area contributed by atoms with E-state index in [2.05, 4.69) is 0 Å². The Bertz CT molecular complexity index is 1070. The Morgan fingerprint density at radius 2 is 1.47 bits per heavy atom. The topological polar surface area (TPSA) is 74.8 Å². The minimum atomic E-state index is -3.61. The molecular weight excluding hydrogens is 400 g/mol. The van der Waals surface area contributed by atoms with E-state index in [1.54, 1.807) is 30.3 Å². The van der Waals surface area contributed by atoms with E-state index < -0.39 is 21.7 Å². The lowest BCUT2D eigenvalue weighted by Crippen LogP contribution is -2.52. The maximum Gasteiger partial charge on any atom is 0.295 e. The van der Waals surface area contributed by atoms with E-state index in [0.29, 0.717) is 10.5 Å². The van der Waals surface area contributed by atoms with Crippen LogP contribution in [0.4, 0.5) is 0 Å². The van der Waals surface area contributed by atoms with Gasteiger partial charge in [0, 0.05) is 31.7 Å². The average Bonchev–Trinajstić information content (AvgIpc) is 2.78. The van der Waals surface area contributed by atoms with Gasteiger partial charge in [0.1, 0.15) is 0 Å². The summed E-state index contributed by atoms with van der Waals surface area (Å²) in [6.45, 7) is 2.71. The molecule has 4 rings (SSSR count). The van der Waals surface area contributed by atoms with E-state index in [9.17, 15) is 18.0 Å². The Labute approximate surface area is 177 Å². The minimum absolute atomic E-state index is 0.187. The molecule has 2 aromatic carbocycles. The van der Waals surface area contributed by atoms with Gasteiger partial charge in [0.25, 0.3) is 5.91 Å². The number of carbonyl (C=O) groups is 2. The van der Waals surface area contributed by atoms with Crippen molar-refractivity contribution < 1.29 is 18.0 Å². The summed E-state index contributed by atoms with van der Waals surface area (Å²) in [6, 6.07) is 12.3. The van der Waals surface area contributed by atoms with E-state index >= 15 is 0 Å². The van der Waals surface area contributed by atoms with Crippen LogP contribution in [-0.4, -0.2) is 55.5 Å². The molecule has 1 saturated heterocycles. The molecule has 0 saturated carbocycles. The number of hydrogen-bond donors (Lipinski definition) is 0. The highest BCUT2D eigenvalue weighted by molar-refractivity contribution is 7.89. The van der Waals surface area contributed by atoms with Gasteiger partial charge in [0.2, 0.25) is 15.8 Å². The zero-order valence-electron chi connectivity index (χ0n) is 17.1. The van der Waals surface area contributed by atoms with Crippen molar-refractivity contribution in [3.05, 3.63) is 64.7 Å². The fourth-order valence-corrected chi connectivity index (χ4v) is 5.60. The molecule has 2 aromatic rings. The average molecular weight is 427 g/mol. The van der Waals surface area contributed by atoms with Crippen LogP contribution in [0.5, 0.6) is 0 Å². The summed E-state index contributed by atoms with van der Waals surface area (Å²) in [5.74, 6) is -1.13. The van der Waals surface area contributed by atoms with Crippen LogP contribution in [-0.2, 0) is 27.7 Å². The van der Waals surface area contributed by atoms with Gasteiger partial charge in [-0.05, 0) is 55.9 Å². The van der Waals surface area contributed by atoms with Gasteiger partial charge in [-0.15, -0.1) is 0 Å². The zero-order chi connectivity index (χ0) is 21.3. The molecule has 0 N–H and O–H groups in total. The maximum absolute atomic E-state index is 13.1. The number of hydrogen-bond acceptors (Lipinski definition) is 4. The van der Waals surface area contributed by atoms with Gasteiger partial charge in [-0.1, -0.05) is 35.9 Å². The number of aryl methyl sites for hydroxylation is 3. The molecule has 0 spiro atoms. The molecule has 7 heteroatoms. The Morgan fingerprint density at radius 1 is 0.833 bits per heavy atom. The van der Waals surface area contributed by atoms with Gasteiger partial charge < -0.3 is 4.90 Å². The van der Waals surface area contributed by atoms with E-state index in [1.807, 2.05) is 19.1 Å². The Morgan fingerprint density at radius 3 is 2.13 bits per heavy atom. The summed E-state index contributed by atoms with van der Waals surface area (Å²) in [5, 5.41) is 0. The third-order valence-corrected chi connectivity index (χ3v) is 7.89. The standard InChI is InChI=1S/C23H26N2O4S/c1-17-6-8-19(9-7-17)22(26)23(27)24-12-14-25(15-13-24)30(28,29)21-11-10-18-4-2-3-5-20(18)16-21/h6-11,16H,2-5,12-15H2,1H3.